The van der Waals surface area contributed by atoms with Gasteiger partial charge in [0.1, 0.15) is 0 Å². The Kier molecular flexibility index (Phi) is 6.68. The third kappa shape index (κ3) is 5.05. The van der Waals surface area contributed by atoms with Gasteiger partial charge in [-0.15, -0.1) is 0 Å². The van der Waals surface area contributed by atoms with E-state index >= 15 is 0 Å². The number of nitrogens with zero attached hydrogens (tertiary/aromatic N) is 1. The smallest absolute Gasteiger partial charge is 0.243 e. The van der Waals surface area contributed by atoms with Crippen molar-refractivity contribution in [1.82, 2.24) is 4.31 Å². The molecular formula is C18H29NO4S2. The normalized spacial score (nSPS) is 19.6. The van der Waals surface area contributed by atoms with Crippen LogP contribution in [-0.4, -0.2) is 50.0 Å². The highest BCUT2D eigenvalue weighted by atomic mass is 32.2. The van der Waals surface area contributed by atoms with Crippen LogP contribution in [0.15, 0.2) is 23.1 Å². The first kappa shape index (κ1) is 20.4. The number of hydrogen-bond acceptors (Lipinski definition) is 5. The van der Waals surface area contributed by atoms with E-state index in [4.69, 9.17) is 9.47 Å². The lowest BCUT2D eigenvalue weighted by Gasteiger charge is -2.36. The van der Waals surface area contributed by atoms with E-state index < -0.39 is 10.0 Å². The molecule has 1 aromatic rings. The molecule has 7 heteroatoms. The molecule has 1 fully saturated rings. The maximum atomic E-state index is 13.2. The molecule has 0 amide bonds. The van der Waals surface area contributed by atoms with Crippen LogP contribution in [0.1, 0.15) is 40.0 Å². The summed E-state index contributed by atoms with van der Waals surface area (Å²) in [7, 11) is -0.502. The lowest BCUT2D eigenvalue weighted by molar-refractivity contribution is 0.272. The molecule has 0 radical (unpaired) electrons. The Morgan fingerprint density at radius 2 is 1.84 bits per heavy atom. The second-order valence-electron chi connectivity index (χ2n) is 7.21. The van der Waals surface area contributed by atoms with Gasteiger partial charge in [0, 0.05) is 29.2 Å². The van der Waals surface area contributed by atoms with Gasteiger partial charge in [-0.1, -0.05) is 27.2 Å². The summed E-state index contributed by atoms with van der Waals surface area (Å²) in [6.45, 7) is 7.06. The zero-order valence-corrected chi connectivity index (χ0v) is 17.4. The highest BCUT2D eigenvalue weighted by Gasteiger charge is 2.34. The van der Waals surface area contributed by atoms with Gasteiger partial charge in [0.15, 0.2) is 11.5 Å². The van der Waals surface area contributed by atoms with Crippen molar-refractivity contribution in [3.8, 4) is 11.5 Å². The third-order valence-corrected chi connectivity index (χ3v) is 7.61. The van der Waals surface area contributed by atoms with Crippen molar-refractivity contribution in [2.75, 3.05) is 26.5 Å². The second-order valence-corrected chi connectivity index (χ2v) is 10.9. The molecule has 0 aromatic heterocycles. The Hall–Kier alpha value is -0.920. The molecule has 0 bridgehead atoms. The number of sulfonamides is 1. The van der Waals surface area contributed by atoms with Crippen LogP contribution < -0.4 is 9.47 Å². The molecule has 1 unspecified atom stereocenters. The molecule has 25 heavy (non-hydrogen) atoms. The van der Waals surface area contributed by atoms with E-state index in [9.17, 15) is 8.42 Å². The van der Waals surface area contributed by atoms with Crippen LogP contribution in [0.5, 0.6) is 11.5 Å². The van der Waals surface area contributed by atoms with Gasteiger partial charge in [-0.25, -0.2) is 8.42 Å². The SMILES string of the molecule is COc1ccc(S(=O)(=O)N2CCCCC2CSC(C)(C)C)cc1OC. The summed E-state index contributed by atoms with van der Waals surface area (Å²) in [5, 5.41) is 0. The topological polar surface area (TPSA) is 55.8 Å². The summed E-state index contributed by atoms with van der Waals surface area (Å²) < 4.78 is 38.7. The van der Waals surface area contributed by atoms with Crippen molar-refractivity contribution in [1.29, 1.82) is 0 Å². The summed E-state index contributed by atoms with van der Waals surface area (Å²) in [6, 6.07) is 4.83. The standard InChI is InChI=1S/C18H29NO4S2/c1-18(2,3)24-13-14-8-6-7-11-19(14)25(20,21)15-9-10-16(22-4)17(12-15)23-5/h9-10,12,14H,6-8,11,13H2,1-5H3. The highest BCUT2D eigenvalue weighted by Crippen LogP contribution is 2.34. The van der Waals surface area contributed by atoms with E-state index in [0.29, 0.717) is 18.0 Å². The fourth-order valence-corrected chi connectivity index (χ4v) is 5.76. The number of piperidine rings is 1. The van der Waals surface area contributed by atoms with Crippen LogP contribution >= 0.6 is 11.8 Å². The van der Waals surface area contributed by atoms with Crippen LogP contribution in [0.2, 0.25) is 0 Å². The molecule has 5 nitrogen and oxygen atoms in total. The third-order valence-electron chi connectivity index (χ3n) is 4.24. The molecule has 1 atom stereocenters. The minimum Gasteiger partial charge on any atom is -0.493 e. The monoisotopic (exact) mass is 387 g/mol. The number of rotatable bonds is 6. The van der Waals surface area contributed by atoms with E-state index in [1.165, 1.54) is 14.2 Å². The van der Waals surface area contributed by atoms with Crippen LogP contribution in [0.4, 0.5) is 0 Å². The molecule has 0 aliphatic carbocycles. The van der Waals surface area contributed by atoms with Crippen molar-refractivity contribution in [2.45, 2.75) is 55.7 Å². The van der Waals surface area contributed by atoms with E-state index in [1.807, 2.05) is 11.8 Å². The van der Waals surface area contributed by atoms with Crippen LogP contribution in [-0.2, 0) is 10.0 Å². The quantitative estimate of drug-likeness (QED) is 0.743. The molecule has 0 saturated carbocycles. The fraction of sp³-hybridized carbons (Fsp3) is 0.667. The Morgan fingerprint density at radius 1 is 1.16 bits per heavy atom. The molecule has 1 aliphatic heterocycles. The van der Waals surface area contributed by atoms with Gasteiger partial charge in [0.2, 0.25) is 10.0 Å². The largest absolute Gasteiger partial charge is 0.493 e. The van der Waals surface area contributed by atoms with E-state index in [0.717, 1.165) is 25.0 Å². The van der Waals surface area contributed by atoms with Gasteiger partial charge in [-0.3, -0.25) is 0 Å². The first-order valence-electron chi connectivity index (χ1n) is 8.57. The molecule has 142 valence electrons. The Bertz CT molecular complexity index is 683. The van der Waals surface area contributed by atoms with Crippen molar-refractivity contribution in [3.05, 3.63) is 18.2 Å². The summed E-state index contributed by atoms with van der Waals surface area (Å²) in [5.74, 6) is 1.77. The van der Waals surface area contributed by atoms with Crippen molar-refractivity contribution < 1.29 is 17.9 Å². The Morgan fingerprint density at radius 3 is 2.44 bits per heavy atom. The van der Waals surface area contributed by atoms with Gasteiger partial charge in [-0.05, 0) is 25.0 Å². The van der Waals surface area contributed by atoms with Crippen molar-refractivity contribution >= 4 is 21.8 Å². The van der Waals surface area contributed by atoms with E-state index in [1.54, 1.807) is 22.5 Å². The molecule has 1 heterocycles. The fourth-order valence-electron chi connectivity index (χ4n) is 2.92. The average Bonchev–Trinajstić information content (AvgIpc) is 2.58. The minimum atomic E-state index is -3.55. The van der Waals surface area contributed by atoms with Gasteiger partial charge < -0.3 is 9.47 Å². The van der Waals surface area contributed by atoms with Crippen LogP contribution in [0.3, 0.4) is 0 Å². The molecule has 1 saturated heterocycles. The molecule has 0 N–H and O–H groups in total. The molecule has 0 spiro atoms. The number of thioether (sulfide) groups is 1. The van der Waals surface area contributed by atoms with E-state index in [-0.39, 0.29) is 15.7 Å². The molecular weight excluding hydrogens is 358 g/mol. The summed E-state index contributed by atoms with van der Waals surface area (Å²) >= 11 is 1.82. The summed E-state index contributed by atoms with van der Waals surface area (Å²) in [6.07, 6.45) is 2.89. The average molecular weight is 388 g/mol. The summed E-state index contributed by atoms with van der Waals surface area (Å²) in [5.41, 5.74) is 0. The Balaban J connectivity index is 2.29. The van der Waals surface area contributed by atoms with Gasteiger partial charge in [0.25, 0.3) is 0 Å². The first-order chi connectivity index (χ1) is 11.7. The molecule has 2 rings (SSSR count). The maximum Gasteiger partial charge on any atom is 0.243 e. The first-order valence-corrected chi connectivity index (χ1v) is 11.0. The number of methoxy groups -OCH3 is 2. The number of benzene rings is 1. The zero-order valence-electron chi connectivity index (χ0n) is 15.7. The highest BCUT2D eigenvalue weighted by molar-refractivity contribution is 8.00. The van der Waals surface area contributed by atoms with Gasteiger partial charge in [-0.2, -0.15) is 16.1 Å². The van der Waals surface area contributed by atoms with E-state index in [2.05, 4.69) is 20.8 Å². The molecule has 1 aliphatic rings. The number of ether oxygens (including phenoxy) is 2. The Labute approximate surface area is 156 Å². The zero-order chi connectivity index (χ0) is 18.7. The lowest BCUT2D eigenvalue weighted by Crippen LogP contribution is -2.45. The van der Waals surface area contributed by atoms with Crippen LogP contribution in [0.25, 0.3) is 0 Å². The number of hydrogen-bond donors (Lipinski definition) is 0. The van der Waals surface area contributed by atoms with Crippen molar-refractivity contribution in [3.63, 3.8) is 0 Å². The van der Waals surface area contributed by atoms with Crippen molar-refractivity contribution in [2.24, 2.45) is 0 Å². The van der Waals surface area contributed by atoms with Gasteiger partial charge in [0.05, 0.1) is 19.1 Å². The van der Waals surface area contributed by atoms with Crippen LogP contribution in [0, 0.1) is 0 Å². The minimum absolute atomic E-state index is 0.0380. The predicted octanol–water partition coefficient (Wildman–Crippen LogP) is 3.78. The predicted molar refractivity (Wildman–Crippen MR) is 103 cm³/mol. The maximum absolute atomic E-state index is 13.2. The lowest BCUT2D eigenvalue weighted by atomic mass is 10.1. The molecule has 1 aromatic carbocycles. The second kappa shape index (κ2) is 8.18. The summed E-state index contributed by atoms with van der Waals surface area (Å²) in [4.78, 5) is 0.262. The van der Waals surface area contributed by atoms with Gasteiger partial charge >= 0.3 is 0 Å².